The lowest BCUT2D eigenvalue weighted by atomic mass is 10.1. The third kappa shape index (κ3) is 3.93. The van der Waals surface area contributed by atoms with Crippen molar-refractivity contribution < 1.29 is 19.0 Å². The van der Waals surface area contributed by atoms with E-state index in [4.69, 9.17) is 14.2 Å². The van der Waals surface area contributed by atoms with E-state index >= 15 is 0 Å². The van der Waals surface area contributed by atoms with Crippen LogP contribution in [0.4, 0.5) is 0 Å². The largest absolute Gasteiger partial charge is 0.490 e. The Morgan fingerprint density at radius 3 is 2.76 bits per heavy atom. The minimum absolute atomic E-state index is 0.252. The second kappa shape index (κ2) is 7.84. The summed E-state index contributed by atoms with van der Waals surface area (Å²) in [5.74, 6) is 1.12. The van der Waals surface area contributed by atoms with Gasteiger partial charge in [0.15, 0.2) is 17.2 Å². The first-order valence-electron chi connectivity index (χ1n) is 7.78. The van der Waals surface area contributed by atoms with Crippen molar-refractivity contribution in [3.63, 3.8) is 0 Å². The summed E-state index contributed by atoms with van der Waals surface area (Å²) in [5, 5.41) is 1.91. The second-order valence-electron chi connectivity index (χ2n) is 5.01. The number of ether oxygens (including phenoxy) is 3. The number of hydrogen-bond acceptors (Lipinski definition) is 6. The van der Waals surface area contributed by atoms with E-state index in [1.54, 1.807) is 6.08 Å². The molecule has 0 fully saturated rings. The highest BCUT2D eigenvalue weighted by molar-refractivity contribution is 9.10. The molecule has 2 heterocycles. The Labute approximate surface area is 158 Å². The second-order valence-corrected chi connectivity index (χ2v) is 6.81. The van der Waals surface area contributed by atoms with Crippen LogP contribution < -0.4 is 9.47 Å². The summed E-state index contributed by atoms with van der Waals surface area (Å²) in [4.78, 5) is 17.2. The molecule has 0 aliphatic carbocycles. The van der Waals surface area contributed by atoms with Gasteiger partial charge in [-0.05, 0) is 65.0 Å². The predicted octanol–water partition coefficient (Wildman–Crippen LogP) is 4.65. The number of esters is 1. The third-order valence-electron chi connectivity index (χ3n) is 3.28. The SMILES string of the molecule is CCOc1cc(/C=C2/N=C(c3cccs3)OC2=O)cc(Br)c1OCC. The first-order valence-corrected chi connectivity index (χ1v) is 9.45. The molecule has 1 aromatic carbocycles. The van der Waals surface area contributed by atoms with Crippen LogP contribution in [-0.4, -0.2) is 25.1 Å². The molecule has 25 heavy (non-hydrogen) atoms. The minimum atomic E-state index is -0.466. The molecule has 0 spiro atoms. The maximum atomic E-state index is 12.1. The highest BCUT2D eigenvalue weighted by atomic mass is 79.9. The summed E-state index contributed by atoms with van der Waals surface area (Å²) in [7, 11) is 0. The molecule has 1 aliphatic heterocycles. The molecule has 0 saturated heterocycles. The summed E-state index contributed by atoms with van der Waals surface area (Å²) in [5.41, 5.74) is 1.02. The Bertz CT molecular complexity index is 843. The first-order chi connectivity index (χ1) is 12.1. The Morgan fingerprint density at radius 1 is 1.28 bits per heavy atom. The van der Waals surface area contributed by atoms with Crippen LogP contribution >= 0.6 is 27.3 Å². The number of carbonyl (C=O) groups excluding carboxylic acids is 1. The number of nitrogens with zero attached hydrogens (tertiary/aromatic N) is 1. The van der Waals surface area contributed by atoms with Crippen LogP contribution in [0.1, 0.15) is 24.3 Å². The number of benzene rings is 1. The van der Waals surface area contributed by atoms with E-state index in [2.05, 4.69) is 20.9 Å². The lowest BCUT2D eigenvalue weighted by Gasteiger charge is -2.13. The highest BCUT2D eigenvalue weighted by Crippen LogP contribution is 2.37. The number of thiophene rings is 1. The number of aliphatic imine (C=N–C) groups is 1. The van der Waals surface area contributed by atoms with Gasteiger partial charge >= 0.3 is 5.97 Å². The molecule has 1 aromatic heterocycles. The van der Waals surface area contributed by atoms with Gasteiger partial charge in [-0.15, -0.1) is 11.3 Å². The van der Waals surface area contributed by atoms with E-state index in [0.29, 0.717) is 30.6 Å². The van der Waals surface area contributed by atoms with Gasteiger partial charge in [0, 0.05) is 0 Å². The van der Waals surface area contributed by atoms with Crippen LogP contribution in [0.5, 0.6) is 11.5 Å². The van der Waals surface area contributed by atoms with Gasteiger partial charge in [0.25, 0.3) is 0 Å². The van der Waals surface area contributed by atoms with Crippen molar-refractivity contribution in [2.75, 3.05) is 13.2 Å². The van der Waals surface area contributed by atoms with Crippen molar-refractivity contribution in [1.29, 1.82) is 0 Å². The van der Waals surface area contributed by atoms with E-state index in [0.717, 1.165) is 14.9 Å². The van der Waals surface area contributed by atoms with Gasteiger partial charge in [0.1, 0.15) is 0 Å². The molecule has 7 heteroatoms. The smallest absolute Gasteiger partial charge is 0.363 e. The number of halogens is 1. The van der Waals surface area contributed by atoms with Crippen molar-refractivity contribution in [2.24, 2.45) is 4.99 Å². The molecule has 0 N–H and O–H groups in total. The number of hydrogen-bond donors (Lipinski definition) is 0. The molecular formula is C18H16BrNO4S. The Morgan fingerprint density at radius 2 is 2.08 bits per heavy atom. The van der Waals surface area contributed by atoms with Crippen LogP contribution in [0.25, 0.3) is 6.08 Å². The molecule has 0 atom stereocenters. The fraction of sp³-hybridized carbons (Fsp3) is 0.222. The van der Waals surface area contributed by atoms with Gasteiger partial charge in [-0.3, -0.25) is 0 Å². The van der Waals surface area contributed by atoms with Crippen molar-refractivity contribution in [3.8, 4) is 11.5 Å². The van der Waals surface area contributed by atoms with Gasteiger partial charge in [0.05, 0.1) is 22.6 Å². The first kappa shape index (κ1) is 17.7. The predicted molar refractivity (Wildman–Crippen MR) is 101 cm³/mol. The zero-order valence-electron chi connectivity index (χ0n) is 13.7. The fourth-order valence-electron chi connectivity index (χ4n) is 2.29. The average Bonchev–Trinajstić information content (AvgIpc) is 3.22. The topological polar surface area (TPSA) is 57.1 Å². The van der Waals surface area contributed by atoms with Crippen LogP contribution in [-0.2, 0) is 9.53 Å². The van der Waals surface area contributed by atoms with Crippen LogP contribution in [0.2, 0.25) is 0 Å². The molecule has 2 aromatic rings. The van der Waals surface area contributed by atoms with Crippen molar-refractivity contribution >= 4 is 45.2 Å². The zero-order valence-corrected chi connectivity index (χ0v) is 16.1. The summed E-state index contributed by atoms with van der Waals surface area (Å²) in [6.45, 7) is 4.85. The molecule has 1 aliphatic rings. The van der Waals surface area contributed by atoms with Crippen LogP contribution in [0.3, 0.4) is 0 Å². The van der Waals surface area contributed by atoms with E-state index in [9.17, 15) is 4.79 Å². The van der Waals surface area contributed by atoms with E-state index < -0.39 is 5.97 Å². The number of rotatable bonds is 6. The molecule has 3 rings (SSSR count). The lowest BCUT2D eigenvalue weighted by Crippen LogP contribution is -2.03. The standard InChI is InChI=1S/C18H16BrNO4S/c1-3-22-14-10-11(8-12(19)16(14)23-4-2)9-13-18(21)24-17(20-13)15-6-5-7-25-15/h5-10H,3-4H2,1-2H3/b13-9+. The molecule has 5 nitrogen and oxygen atoms in total. The van der Waals surface area contributed by atoms with Crippen LogP contribution in [0.15, 0.2) is 44.8 Å². The normalized spacial score (nSPS) is 15.2. The zero-order chi connectivity index (χ0) is 17.8. The quantitative estimate of drug-likeness (QED) is 0.502. The van der Waals surface area contributed by atoms with Gasteiger partial charge < -0.3 is 14.2 Å². The van der Waals surface area contributed by atoms with Crippen molar-refractivity contribution in [3.05, 3.63) is 50.3 Å². The molecular weight excluding hydrogens is 406 g/mol. The molecule has 130 valence electrons. The highest BCUT2D eigenvalue weighted by Gasteiger charge is 2.25. The minimum Gasteiger partial charge on any atom is -0.490 e. The molecule has 0 unspecified atom stereocenters. The third-order valence-corrected chi connectivity index (χ3v) is 4.72. The van der Waals surface area contributed by atoms with Gasteiger partial charge in [0.2, 0.25) is 5.90 Å². The lowest BCUT2D eigenvalue weighted by molar-refractivity contribution is -0.129. The van der Waals surface area contributed by atoms with E-state index in [1.807, 2.05) is 43.5 Å². The molecule has 0 amide bonds. The summed E-state index contributed by atoms with van der Waals surface area (Å²) >= 11 is 4.96. The van der Waals surface area contributed by atoms with Crippen molar-refractivity contribution in [1.82, 2.24) is 0 Å². The monoisotopic (exact) mass is 421 g/mol. The Balaban J connectivity index is 1.96. The molecule has 0 radical (unpaired) electrons. The van der Waals surface area contributed by atoms with Crippen molar-refractivity contribution in [2.45, 2.75) is 13.8 Å². The Hall–Kier alpha value is -2.12. The summed E-state index contributed by atoms with van der Waals surface area (Å²) < 4.78 is 17.3. The van der Waals surface area contributed by atoms with Gasteiger partial charge in [-0.25, -0.2) is 9.79 Å². The fourth-order valence-corrected chi connectivity index (χ4v) is 3.51. The van der Waals surface area contributed by atoms with E-state index in [-0.39, 0.29) is 5.70 Å². The molecule has 0 saturated carbocycles. The van der Waals surface area contributed by atoms with Crippen LogP contribution in [0, 0.1) is 0 Å². The van der Waals surface area contributed by atoms with E-state index in [1.165, 1.54) is 11.3 Å². The number of cyclic esters (lactones) is 1. The Kier molecular flexibility index (Phi) is 5.55. The summed E-state index contributed by atoms with van der Waals surface area (Å²) in [6, 6.07) is 7.42. The number of carbonyl (C=O) groups is 1. The molecule has 0 bridgehead atoms. The summed E-state index contributed by atoms with van der Waals surface area (Å²) in [6.07, 6.45) is 1.67. The maximum Gasteiger partial charge on any atom is 0.363 e. The average molecular weight is 422 g/mol. The maximum absolute atomic E-state index is 12.1. The van der Waals surface area contributed by atoms with Gasteiger partial charge in [-0.1, -0.05) is 6.07 Å². The van der Waals surface area contributed by atoms with Gasteiger partial charge in [-0.2, -0.15) is 0 Å².